The number of anilines is 1. The average Bonchev–Trinajstić information content (AvgIpc) is 2.52. The summed E-state index contributed by atoms with van der Waals surface area (Å²) in [5.41, 5.74) is 0.549. The zero-order chi connectivity index (χ0) is 15.9. The van der Waals surface area contributed by atoms with Crippen molar-refractivity contribution < 1.29 is 13.6 Å². The fraction of sp³-hybridized carbons (Fsp3) is 0.235. The number of hydrogen-bond donors (Lipinski definition) is 1. The summed E-state index contributed by atoms with van der Waals surface area (Å²) in [6.07, 6.45) is 0.674. The van der Waals surface area contributed by atoms with Gasteiger partial charge in [-0.15, -0.1) is 0 Å². The average molecular weight is 304 g/mol. The molecule has 2 aromatic carbocycles. The van der Waals surface area contributed by atoms with Crippen molar-refractivity contribution >= 4 is 11.6 Å². The maximum Gasteiger partial charge on any atom is 0.257 e. The first kappa shape index (κ1) is 15.9. The van der Waals surface area contributed by atoms with Gasteiger partial charge in [0.05, 0.1) is 0 Å². The minimum Gasteiger partial charge on any atom is -0.375 e. The molecule has 3 nitrogen and oxygen atoms in total. The molecule has 22 heavy (non-hydrogen) atoms. The van der Waals surface area contributed by atoms with Crippen LogP contribution in [0.2, 0.25) is 0 Å². The third-order valence-corrected chi connectivity index (χ3v) is 3.34. The van der Waals surface area contributed by atoms with Gasteiger partial charge in [-0.2, -0.15) is 0 Å². The molecule has 0 aliphatic heterocycles. The van der Waals surface area contributed by atoms with Crippen LogP contribution in [0.5, 0.6) is 0 Å². The van der Waals surface area contributed by atoms with Crippen LogP contribution in [0, 0.1) is 11.6 Å². The van der Waals surface area contributed by atoms with Gasteiger partial charge in [-0.25, -0.2) is 8.78 Å². The lowest BCUT2D eigenvalue weighted by molar-refractivity contribution is 0.0945. The number of nitrogens with one attached hydrogen (secondary N) is 1. The van der Waals surface area contributed by atoms with E-state index in [2.05, 4.69) is 10.2 Å². The van der Waals surface area contributed by atoms with E-state index in [4.69, 9.17) is 0 Å². The summed E-state index contributed by atoms with van der Waals surface area (Å²) in [6.45, 7) is 1.08. The summed E-state index contributed by atoms with van der Waals surface area (Å²) in [7, 11) is 1.95. The maximum absolute atomic E-state index is 13.5. The van der Waals surface area contributed by atoms with Crippen LogP contribution in [0.1, 0.15) is 16.8 Å². The zero-order valence-corrected chi connectivity index (χ0v) is 12.4. The molecule has 0 saturated carbocycles. The van der Waals surface area contributed by atoms with Gasteiger partial charge in [0.25, 0.3) is 5.91 Å². The molecule has 1 N–H and O–H groups in total. The van der Waals surface area contributed by atoms with Crippen LogP contribution in [0.15, 0.2) is 48.5 Å². The van der Waals surface area contributed by atoms with E-state index < -0.39 is 23.1 Å². The molecule has 0 aliphatic rings. The van der Waals surface area contributed by atoms with Crippen LogP contribution in [-0.4, -0.2) is 26.0 Å². The molecule has 2 rings (SSSR count). The van der Waals surface area contributed by atoms with Gasteiger partial charge in [-0.05, 0) is 30.7 Å². The summed E-state index contributed by atoms with van der Waals surface area (Å²) in [4.78, 5) is 13.8. The van der Waals surface area contributed by atoms with E-state index in [1.807, 2.05) is 37.4 Å². The van der Waals surface area contributed by atoms with E-state index in [0.29, 0.717) is 13.0 Å². The van der Waals surface area contributed by atoms with Crippen molar-refractivity contribution in [1.29, 1.82) is 0 Å². The fourth-order valence-corrected chi connectivity index (χ4v) is 2.13. The van der Waals surface area contributed by atoms with Gasteiger partial charge in [-0.1, -0.05) is 24.3 Å². The van der Waals surface area contributed by atoms with E-state index in [1.54, 1.807) is 0 Å². The number of hydrogen-bond acceptors (Lipinski definition) is 2. The highest BCUT2D eigenvalue weighted by atomic mass is 19.1. The van der Waals surface area contributed by atoms with Gasteiger partial charge in [0.15, 0.2) is 0 Å². The first-order valence-corrected chi connectivity index (χ1v) is 7.08. The van der Waals surface area contributed by atoms with Gasteiger partial charge in [0.1, 0.15) is 17.2 Å². The molecule has 0 unspecified atom stereocenters. The molecular formula is C17H18F2N2O. The number of carbonyl (C=O) groups excluding carboxylic acids is 1. The van der Waals surface area contributed by atoms with Gasteiger partial charge in [-0.3, -0.25) is 4.79 Å². The number of benzene rings is 2. The highest BCUT2D eigenvalue weighted by Gasteiger charge is 2.16. The van der Waals surface area contributed by atoms with Crippen molar-refractivity contribution in [2.45, 2.75) is 6.42 Å². The largest absolute Gasteiger partial charge is 0.375 e. The zero-order valence-electron chi connectivity index (χ0n) is 12.4. The van der Waals surface area contributed by atoms with Crippen LogP contribution in [0.4, 0.5) is 14.5 Å². The van der Waals surface area contributed by atoms with Crippen LogP contribution < -0.4 is 10.2 Å². The summed E-state index contributed by atoms with van der Waals surface area (Å²) in [5.74, 6) is -2.42. The lowest BCUT2D eigenvalue weighted by Crippen LogP contribution is -2.29. The molecule has 0 radical (unpaired) electrons. The highest BCUT2D eigenvalue weighted by molar-refractivity contribution is 5.94. The maximum atomic E-state index is 13.5. The molecule has 0 fully saturated rings. The number of carbonyl (C=O) groups is 1. The Bertz CT molecular complexity index is 612. The van der Waals surface area contributed by atoms with Crippen molar-refractivity contribution in [1.82, 2.24) is 5.32 Å². The highest BCUT2D eigenvalue weighted by Crippen LogP contribution is 2.12. The molecule has 0 aliphatic carbocycles. The second-order valence-electron chi connectivity index (χ2n) is 4.96. The Labute approximate surface area is 128 Å². The molecular weight excluding hydrogens is 286 g/mol. The van der Waals surface area contributed by atoms with Crippen LogP contribution >= 0.6 is 0 Å². The fourth-order valence-electron chi connectivity index (χ4n) is 2.13. The van der Waals surface area contributed by atoms with E-state index >= 15 is 0 Å². The summed E-state index contributed by atoms with van der Waals surface area (Å²) in [6, 6.07) is 13.2. The Morgan fingerprint density at radius 1 is 1.05 bits per heavy atom. The van der Waals surface area contributed by atoms with Crippen LogP contribution in [0.3, 0.4) is 0 Å². The molecule has 0 heterocycles. The molecule has 5 heteroatoms. The minimum atomic E-state index is -0.848. The predicted octanol–water partition coefficient (Wildman–Crippen LogP) is 3.22. The summed E-state index contributed by atoms with van der Waals surface area (Å²) in [5, 5.41) is 2.54. The molecule has 0 atom stereocenters. The van der Waals surface area contributed by atoms with E-state index in [9.17, 15) is 13.6 Å². The Hall–Kier alpha value is -2.43. The quantitative estimate of drug-likeness (QED) is 0.831. The first-order valence-electron chi connectivity index (χ1n) is 7.08. The second-order valence-corrected chi connectivity index (χ2v) is 4.96. The second kappa shape index (κ2) is 7.54. The number of rotatable bonds is 6. The molecule has 116 valence electrons. The van der Waals surface area contributed by atoms with E-state index in [-0.39, 0.29) is 0 Å². The van der Waals surface area contributed by atoms with Gasteiger partial charge < -0.3 is 10.2 Å². The monoisotopic (exact) mass is 304 g/mol. The van der Waals surface area contributed by atoms with Crippen molar-refractivity contribution in [3.05, 3.63) is 65.7 Å². The standard InChI is InChI=1S/C17H18F2N2O/c1-21(13-7-3-2-4-8-13)12-6-11-20-17(22)16-14(18)9-5-10-15(16)19/h2-5,7-10H,6,11-12H2,1H3,(H,20,22). The number of amides is 1. The molecule has 1 amide bonds. The van der Waals surface area contributed by atoms with Crippen molar-refractivity contribution in [2.75, 3.05) is 25.0 Å². The van der Waals surface area contributed by atoms with Crippen LogP contribution in [0.25, 0.3) is 0 Å². The molecule has 0 aromatic heterocycles. The Balaban J connectivity index is 1.80. The first-order chi connectivity index (χ1) is 10.6. The third-order valence-electron chi connectivity index (χ3n) is 3.34. The van der Waals surface area contributed by atoms with E-state index in [1.165, 1.54) is 6.07 Å². The Morgan fingerprint density at radius 3 is 2.32 bits per heavy atom. The topological polar surface area (TPSA) is 32.3 Å². The normalized spacial score (nSPS) is 10.3. The van der Waals surface area contributed by atoms with Crippen molar-refractivity contribution in [3.63, 3.8) is 0 Å². The summed E-state index contributed by atoms with van der Waals surface area (Å²) < 4.78 is 26.9. The lowest BCUT2D eigenvalue weighted by Gasteiger charge is -2.19. The number of para-hydroxylation sites is 1. The smallest absolute Gasteiger partial charge is 0.257 e. The van der Waals surface area contributed by atoms with Crippen molar-refractivity contribution in [3.8, 4) is 0 Å². The Kier molecular flexibility index (Phi) is 5.47. The molecule has 0 bridgehead atoms. The number of halogens is 2. The molecule has 2 aromatic rings. The van der Waals surface area contributed by atoms with E-state index in [0.717, 1.165) is 24.4 Å². The Morgan fingerprint density at radius 2 is 1.68 bits per heavy atom. The molecule has 0 saturated heterocycles. The van der Waals surface area contributed by atoms with Gasteiger partial charge in [0, 0.05) is 25.8 Å². The van der Waals surface area contributed by atoms with Crippen molar-refractivity contribution in [2.24, 2.45) is 0 Å². The van der Waals surface area contributed by atoms with Gasteiger partial charge in [0.2, 0.25) is 0 Å². The number of nitrogens with zero attached hydrogens (tertiary/aromatic N) is 1. The lowest BCUT2D eigenvalue weighted by atomic mass is 10.2. The van der Waals surface area contributed by atoms with Gasteiger partial charge >= 0.3 is 0 Å². The third kappa shape index (κ3) is 4.04. The minimum absolute atomic E-state index is 0.351. The predicted molar refractivity (Wildman–Crippen MR) is 83.0 cm³/mol. The van der Waals surface area contributed by atoms with Crippen LogP contribution in [-0.2, 0) is 0 Å². The summed E-state index contributed by atoms with van der Waals surface area (Å²) >= 11 is 0. The SMILES string of the molecule is CN(CCCNC(=O)c1c(F)cccc1F)c1ccccc1. The molecule has 0 spiro atoms.